The van der Waals surface area contributed by atoms with Crippen molar-refractivity contribution >= 4 is 44.6 Å². The number of nitrogens with one attached hydrogen (secondary N) is 2. The number of thiophene rings is 1. The molecule has 0 bridgehead atoms. The molecular weight excluding hydrogens is 370 g/mol. The number of pyridine rings is 1. The molecule has 0 unspecified atom stereocenters. The van der Waals surface area contributed by atoms with Gasteiger partial charge in [0.1, 0.15) is 5.82 Å². The summed E-state index contributed by atoms with van der Waals surface area (Å²) in [6.07, 6.45) is 1.70. The lowest BCUT2D eigenvalue weighted by molar-refractivity contribution is 0.262. The molecule has 136 valence electrons. The maximum absolute atomic E-state index is 12.2. The first-order valence-electron chi connectivity index (χ1n) is 8.44. The number of rotatable bonds is 3. The number of urea groups is 1. The van der Waals surface area contributed by atoms with Gasteiger partial charge in [0.2, 0.25) is 0 Å². The first-order chi connectivity index (χ1) is 13.6. The van der Waals surface area contributed by atoms with Gasteiger partial charge in [0.15, 0.2) is 0 Å². The lowest BCUT2D eigenvalue weighted by Gasteiger charge is -2.09. The number of nitrogens with zero attached hydrogens (tertiary/aromatic N) is 2. The second-order valence-electron chi connectivity index (χ2n) is 6.07. The van der Waals surface area contributed by atoms with Crippen molar-refractivity contribution in [2.24, 2.45) is 0 Å². The van der Waals surface area contributed by atoms with E-state index in [1.165, 1.54) is 0 Å². The number of hydrogen-bond donors (Lipinski definition) is 3. The lowest BCUT2D eigenvalue weighted by atomic mass is 10.1. The molecule has 0 aliphatic heterocycles. The molecule has 4 rings (SSSR count). The summed E-state index contributed by atoms with van der Waals surface area (Å²) in [5.41, 5.74) is 9.76. The molecule has 4 aromatic rings. The van der Waals surface area contributed by atoms with E-state index in [9.17, 15) is 4.79 Å². The van der Waals surface area contributed by atoms with Gasteiger partial charge in [-0.25, -0.2) is 9.78 Å². The van der Waals surface area contributed by atoms with Crippen LogP contribution in [0.25, 0.3) is 21.2 Å². The second-order valence-corrected chi connectivity index (χ2v) is 6.98. The van der Waals surface area contributed by atoms with E-state index in [0.29, 0.717) is 22.8 Å². The lowest BCUT2D eigenvalue weighted by Crippen LogP contribution is -2.19. The highest BCUT2D eigenvalue weighted by atomic mass is 32.1. The Bertz CT molecular complexity index is 1210. The van der Waals surface area contributed by atoms with Gasteiger partial charge in [-0.2, -0.15) is 5.26 Å². The summed E-state index contributed by atoms with van der Waals surface area (Å²) in [6, 6.07) is 17.9. The van der Waals surface area contributed by atoms with Crippen molar-refractivity contribution in [3.8, 4) is 17.2 Å². The maximum Gasteiger partial charge on any atom is 0.323 e. The Balaban J connectivity index is 1.50. The Morgan fingerprint density at radius 2 is 1.86 bits per heavy atom. The zero-order valence-corrected chi connectivity index (χ0v) is 15.5. The van der Waals surface area contributed by atoms with Crippen LogP contribution in [0.3, 0.4) is 0 Å². The standard InChI is InChI=1S/C21H15N5OS/c22-11-13-2-1-3-16(10-13)26-21(27)25-15-6-4-14(5-7-15)17-12-28-18-8-9-24-20(23)19(17)18/h1-10,12H,(H2,23,24)(H2,25,26,27). The Labute approximate surface area is 165 Å². The summed E-state index contributed by atoms with van der Waals surface area (Å²) in [5.74, 6) is 0.509. The van der Waals surface area contributed by atoms with Crippen molar-refractivity contribution in [3.05, 3.63) is 71.7 Å². The maximum atomic E-state index is 12.2. The van der Waals surface area contributed by atoms with Crippen LogP contribution >= 0.6 is 11.3 Å². The van der Waals surface area contributed by atoms with E-state index in [0.717, 1.165) is 21.2 Å². The molecule has 28 heavy (non-hydrogen) atoms. The molecule has 0 saturated heterocycles. The third-order valence-corrected chi connectivity index (χ3v) is 5.17. The van der Waals surface area contributed by atoms with Gasteiger partial charge >= 0.3 is 6.03 Å². The molecule has 2 aromatic carbocycles. The van der Waals surface area contributed by atoms with Gasteiger partial charge in [-0.05, 0) is 47.3 Å². The van der Waals surface area contributed by atoms with E-state index in [1.54, 1.807) is 41.8 Å². The zero-order chi connectivity index (χ0) is 19.5. The second kappa shape index (κ2) is 7.39. The monoisotopic (exact) mass is 385 g/mol. The van der Waals surface area contributed by atoms with E-state index in [2.05, 4.69) is 21.0 Å². The molecule has 4 N–H and O–H groups in total. The zero-order valence-electron chi connectivity index (χ0n) is 14.6. The van der Waals surface area contributed by atoms with Crippen molar-refractivity contribution in [1.29, 1.82) is 5.26 Å². The molecule has 0 aliphatic carbocycles. The number of carbonyl (C=O) groups is 1. The predicted molar refractivity (Wildman–Crippen MR) is 113 cm³/mol. The van der Waals surface area contributed by atoms with Gasteiger partial charge in [0.05, 0.1) is 11.6 Å². The van der Waals surface area contributed by atoms with Gasteiger partial charge in [0, 0.05) is 33.2 Å². The average Bonchev–Trinajstić information content (AvgIpc) is 3.14. The van der Waals surface area contributed by atoms with E-state index in [-0.39, 0.29) is 6.03 Å². The molecule has 0 aliphatic rings. The van der Waals surface area contributed by atoms with Crippen LogP contribution < -0.4 is 16.4 Å². The predicted octanol–water partition coefficient (Wildman–Crippen LogP) is 5.06. The fourth-order valence-corrected chi connectivity index (χ4v) is 3.89. The summed E-state index contributed by atoms with van der Waals surface area (Å²) in [6.45, 7) is 0. The molecule has 2 amide bonds. The largest absolute Gasteiger partial charge is 0.383 e. The smallest absolute Gasteiger partial charge is 0.323 e. The number of carbonyl (C=O) groups excluding carboxylic acids is 1. The summed E-state index contributed by atoms with van der Waals surface area (Å²) >= 11 is 1.62. The SMILES string of the molecule is N#Cc1cccc(NC(=O)Nc2ccc(-c3csc4ccnc(N)c34)cc2)c1. The van der Waals surface area contributed by atoms with Gasteiger partial charge in [-0.15, -0.1) is 11.3 Å². The number of hydrogen-bond acceptors (Lipinski definition) is 5. The average molecular weight is 385 g/mol. The molecule has 0 spiro atoms. The Morgan fingerprint density at radius 3 is 2.64 bits per heavy atom. The van der Waals surface area contributed by atoms with Crippen LogP contribution in [-0.2, 0) is 0 Å². The Kier molecular flexibility index (Phi) is 4.62. The molecule has 0 fully saturated rings. The first-order valence-corrected chi connectivity index (χ1v) is 9.32. The number of aromatic nitrogens is 1. The number of nitrogens with two attached hydrogens (primary N) is 1. The topological polar surface area (TPSA) is 104 Å². The molecular formula is C21H15N5OS. The summed E-state index contributed by atoms with van der Waals surface area (Å²) in [4.78, 5) is 16.4. The minimum absolute atomic E-state index is 0.378. The van der Waals surface area contributed by atoms with Crippen molar-refractivity contribution in [1.82, 2.24) is 4.98 Å². The van der Waals surface area contributed by atoms with E-state index >= 15 is 0 Å². The van der Waals surface area contributed by atoms with Crippen LogP contribution in [0.1, 0.15) is 5.56 Å². The van der Waals surface area contributed by atoms with E-state index < -0.39 is 0 Å². The number of nitriles is 1. The molecule has 2 aromatic heterocycles. The van der Waals surface area contributed by atoms with Gasteiger partial charge in [-0.1, -0.05) is 18.2 Å². The van der Waals surface area contributed by atoms with Gasteiger partial charge in [0.25, 0.3) is 0 Å². The summed E-state index contributed by atoms with van der Waals surface area (Å²) in [7, 11) is 0. The fraction of sp³-hybridized carbons (Fsp3) is 0. The molecule has 7 heteroatoms. The van der Waals surface area contributed by atoms with Gasteiger partial charge in [-0.3, -0.25) is 0 Å². The van der Waals surface area contributed by atoms with Crippen LogP contribution in [0.15, 0.2) is 66.2 Å². The highest BCUT2D eigenvalue weighted by molar-refractivity contribution is 7.17. The van der Waals surface area contributed by atoms with Crippen molar-refractivity contribution in [2.75, 3.05) is 16.4 Å². The molecule has 0 saturated carbocycles. The van der Waals surface area contributed by atoms with E-state index in [4.69, 9.17) is 11.0 Å². The highest BCUT2D eigenvalue weighted by Gasteiger charge is 2.10. The molecule has 0 atom stereocenters. The number of nitrogen functional groups attached to an aromatic ring is 1. The van der Waals surface area contributed by atoms with Crippen LogP contribution in [0, 0.1) is 11.3 Å². The normalized spacial score (nSPS) is 10.4. The van der Waals surface area contributed by atoms with Crippen LogP contribution in [0.2, 0.25) is 0 Å². The minimum Gasteiger partial charge on any atom is -0.383 e. The minimum atomic E-state index is -0.378. The van der Waals surface area contributed by atoms with E-state index in [1.807, 2.05) is 36.4 Å². The van der Waals surface area contributed by atoms with Crippen LogP contribution in [0.5, 0.6) is 0 Å². The molecule has 6 nitrogen and oxygen atoms in total. The number of amides is 2. The number of anilines is 3. The molecule has 2 heterocycles. The Morgan fingerprint density at radius 1 is 1.07 bits per heavy atom. The van der Waals surface area contributed by atoms with Crippen molar-refractivity contribution in [3.63, 3.8) is 0 Å². The number of benzene rings is 2. The quantitative estimate of drug-likeness (QED) is 0.458. The van der Waals surface area contributed by atoms with Crippen molar-refractivity contribution in [2.45, 2.75) is 0 Å². The molecule has 0 radical (unpaired) electrons. The number of fused-ring (bicyclic) bond motifs is 1. The first kappa shape index (κ1) is 17.5. The summed E-state index contributed by atoms with van der Waals surface area (Å²) < 4.78 is 1.09. The highest BCUT2D eigenvalue weighted by Crippen LogP contribution is 2.36. The summed E-state index contributed by atoms with van der Waals surface area (Å²) in [5, 5.41) is 17.4. The third-order valence-electron chi connectivity index (χ3n) is 4.22. The van der Waals surface area contributed by atoms with Crippen LogP contribution in [-0.4, -0.2) is 11.0 Å². The van der Waals surface area contributed by atoms with Crippen LogP contribution in [0.4, 0.5) is 22.0 Å². The fourth-order valence-electron chi connectivity index (χ4n) is 2.92. The van der Waals surface area contributed by atoms with Gasteiger partial charge < -0.3 is 16.4 Å². The Hall–Kier alpha value is -3.89. The third kappa shape index (κ3) is 3.49. The van der Waals surface area contributed by atoms with Crippen molar-refractivity contribution < 1.29 is 4.79 Å².